The van der Waals surface area contributed by atoms with Crippen molar-refractivity contribution in [2.75, 3.05) is 6.16 Å². The fourth-order valence-corrected chi connectivity index (χ4v) is 3.99. The van der Waals surface area contributed by atoms with E-state index in [4.69, 9.17) is 0 Å². The van der Waals surface area contributed by atoms with Crippen LogP contribution in [0.5, 0.6) is 0 Å². The Labute approximate surface area is 105 Å². The average Bonchev–Trinajstić information content (AvgIpc) is 2.42. The first-order valence-electron chi connectivity index (χ1n) is 5.90. The van der Waals surface area contributed by atoms with E-state index in [0.29, 0.717) is 0 Å². The van der Waals surface area contributed by atoms with Gasteiger partial charge in [-0.25, -0.2) is 0 Å². The lowest BCUT2D eigenvalue weighted by atomic mass is 10.4. The quantitative estimate of drug-likeness (QED) is 0.564. The molecule has 0 bridgehead atoms. The first-order valence-corrected chi connectivity index (χ1v) is 7.43. The summed E-state index contributed by atoms with van der Waals surface area (Å²) in [4.78, 5) is 0. The van der Waals surface area contributed by atoms with Gasteiger partial charge in [-0.3, -0.25) is 0 Å². The highest BCUT2D eigenvalue weighted by Crippen LogP contribution is 2.33. The third kappa shape index (κ3) is 3.28. The van der Waals surface area contributed by atoms with Crippen LogP contribution in [0.4, 0.5) is 0 Å². The second-order valence-corrected chi connectivity index (χ2v) is 6.10. The van der Waals surface area contributed by atoms with Crippen molar-refractivity contribution in [3.8, 4) is 0 Å². The summed E-state index contributed by atoms with van der Waals surface area (Å²) in [5, 5.41) is 2.90. The van der Waals surface area contributed by atoms with Crippen molar-refractivity contribution < 1.29 is 0 Å². The fraction of sp³-hybridized carbons (Fsp3) is 0.125. The van der Waals surface area contributed by atoms with Crippen molar-refractivity contribution in [3.05, 3.63) is 72.8 Å². The van der Waals surface area contributed by atoms with E-state index < -0.39 is 0 Å². The zero-order valence-electron chi connectivity index (χ0n) is 10.1. The van der Waals surface area contributed by atoms with E-state index in [0.717, 1.165) is 6.16 Å². The molecule has 1 heteroatoms. The van der Waals surface area contributed by atoms with Gasteiger partial charge in [0.15, 0.2) is 0 Å². The summed E-state index contributed by atoms with van der Waals surface area (Å²) in [6.07, 6.45) is 5.53. The smallest absolute Gasteiger partial charge is 0.00643 e. The summed E-state index contributed by atoms with van der Waals surface area (Å²) in [6, 6.07) is 21.6. The Balaban J connectivity index is 2.32. The van der Waals surface area contributed by atoms with Crippen LogP contribution in [-0.2, 0) is 0 Å². The summed E-state index contributed by atoms with van der Waals surface area (Å²) in [7, 11) is -0.244. The van der Waals surface area contributed by atoms with Gasteiger partial charge in [0.1, 0.15) is 0 Å². The Bertz CT molecular complexity index is 420. The third-order valence-corrected chi connectivity index (χ3v) is 5.08. The van der Waals surface area contributed by atoms with Gasteiger partial charge in [-0.2, -0.15) is 0 Å². The molecule has 0 spiro atoms. The molecule has 2 aromatic rings. The Hall–Kier alpha value is -1.39. The molecule has 0 heterocycles. The predicted octanol–water partition coefficient (Wildman–Crippen LogP) is 3.70. The average molecular weight is 240 g/mol. The maximum atomic E-state index is 2.27. The highest BCUT2D eigenvalue weighted by atomic mass is 31.1. The molecule has 17 heavy (non-hydrogen) atoms. The zero-order chi connectivity index (χ0) is 11.9. The van der Waals surface area contributed by atoms with E-state index in [2.05, 4.69) is 79.7 Å². The van der Waals surface area contributed by atoms with E-state index in [1.165, 1.54) is 10.6 Å². The molecule has 2 rings (SSSR count). The molecule has 0 atom stereocenters. The second-order valence-electron chi connectivity index (χ2n) is 3.85. The lowest BCUT2D eigenvalue weighted by Gasteiger charge is -2.16. The van der Waals surface area contributed by atoms with Crippen LogP contribution in [0.2, 0.25) is 0 Å². The van der Waals surface area contributed by atoms with Gasteiger partial charge in [-0.05, 0) is 31.6 Å². The van der Waals surface area contributed by atoms with Crippen LogP contribution in [0.25, 0.3) is 0 Å². The minimum atomic E-state index is -0.244. The predicted molar refractivity (Wildman–Crippen MR) is 78.8 cm³/mol. The molecule has 0 saturated heterocycles. The van der Waals surface area contributed by atoms with E-state index in [1.54, 1.807) is 0 Å². The molecule has 0 unspecified atom stereocenters. The fourth-order valence-electron chi connectivity index (χ4n) is 1.79. The van der Waals surface area contributed by atoms with Gasteiger partial charge < -0.3 is 0 Å². The Morgan fingerprint density at radius 2 is 1.29 bits per heavy atom. The van der Waals surface area contributed by atoms with Crippen LogP contribution in [0.15, 0.2) is 72.8 Å². The molecule has 0 aliphatic carbocycles. The summed E-state index contributed by atoms with van der Waals surface area (Å²) in [6.45, 7) is 2.09. The molecule has 0 aliphatic heterocycles. The van der Waals surface area contributed by atoms with Crippen LogP contribution in [-0.4, -0.2) is 6.16 Å². The Kier molecular flexibility index (Phi) is 4.53. The minimum absolute atomic E-state index is 0.244. The van der Waals surface area contributed by atoms with Crippen molar-refractivity contribution in [2.45, 2.75) is 6.92 Å². The summed E-state index contributed by atoms with van der Waals surface area (Å²) in [5.41, 5.74) is 0. The standard InChI is InChI=1S/C16H17P/c1-2-3-14-17(15-10-6-4-7-11-15)16-12-8-5-9-13-16/h2-13H,14H2,1H3/b3-2-. The van der Waals surface area contributed by atoms with Crippen molar-refractivity contribution in [3.63, 3.8) is 0 Å². The van der Waals surface area contributed by atoms with Gasteiger partial charge in [0.25, 0.3) is 0 Å². The van der Waals surface area contributed by atoms with Crippen LogP contribution < -0.4 is 10.6 Å². The van der Waals surface area contributed by atoms with Gasteiger partial charge in [0.05, 0.1) is 0 Å². The molecule has 0 amide bonds. The third-order valence-electron chi connectivity index (χ3n) is 2.66. The molecule has 2 aromatic carbocycles. The maximum absolute atomic E-state index is 2.27. The largest absolute Gasteiger partial charge is 0.0913 e. The zero-order valence-corrected chi connectivity index (χ0v) is 11.0. The van der Waals surface area contributed by atoms with Crippen molar-refractivity contribution in [1.29, 1.82) is 0 Å². The van der Waals surface area contributed by atoms with Gasteiger partial charge in [0, 0.05) is 0 Å². The highest BCUT2D eigenvalue weighted by Gasteiger charge is 2.10. The molecule has 0 radical (unpaired) electrons. The first-order chi connectivity index (χ1) is 8.42. The van der Waals surface area contributed by atoms with Crippen molar-refractivity contribution >= 4 is 18.5 Å². The van der Waals surface area contributed by atoms with Crippen molar-refractivity contribution in [1.82, 2.24) is 0 Å². The highest BCUT2D eigenvalue weighted by molar-refractivity contribution is 7.73. The lowest BCUT2D eigenvalue weighted by molar-refractivity contribution is 1.63. The SMILES string of the molecule is C/C=C\CP(c1ccccc1)c1ccccc1. The number of hydrogen-bond acceptors (Lipinski definition) is 0. The van der Waals surface area contributed by atoms with Crippen molar-refractivity contribution in [2.24, 2.45) is 0 Å². The molecular weight excluding hydrogens is 223 g/mol. The molecule has 0 nitrogen and oxygen atoms in total. The topological polar surface area (TPSA) is 0 Å². The van der Waals surface area contributed by atoms with Crippen LogP contribution in [0.3, 0.4) is 0 Å². The van der Waals surface area contributed by atoms with Gasteiger partial charge in [0.2, 0.25) is 0 Å². The molecule has 0 aliphatic rings. The lowest BCUT2D eigenvalue weighted by Crippen LogP contribution is -2.12. The second kappa shape index (κ2) is 6.37. The van der Waals surface area contributed by atoms with E-state index in [1.807, 2.05) is 0 Å². The molecule has 0 fully saturated rings. The van der Waals surface area contributed by atoms with E-state index >= 15 is 0 Å². The number of allylic oxidation sites excluding steroid dienone is 2. The number of rotatable bonds is 4. The molecule has 0 saturated carbocycles. The van der Waals surface area contributed by atoms with E-state index in [-0.39, 0.29) is 7.92 Å². The Morgan fingerprint density at radius 1 is 0.824 bits per heavy atom. The number of benzene rings is 2. The minimum Gasteiger partial charge on any atom is -0.0913 e. The summed E-state index contributed by atoms with van der Waals surface area (Å²) in [5.74, 6) is 0. The maximum Gasteiger partial charge on any atom is -0.00643 e. The van der Waals surface area contributed by atoms with Crippen LogP contribution in [0.1, 0.15) is 6.92 Å². The molecule has 0 N–H and O–H groups in total. The summed E-state index contributed by atoms with van der Waals surface area (Å²) < 4.78 is 0. The van der Waals surface area contributed by atoms with Crippen LogP contribution >= 0.6 is 7.92 Å². The first kappa shape index (κ1) is 12.1. The van der Waals surface area contributed by atoms with Gasteiger partial charge in [-0.1, -0.05) is 72.8 Å². The van der Waals surface area contributed by atoms with Crippen LogP contribution in [0, 0.1) is 0 Å². The Morgan fingerprint density at radius 3 is 1.71 bits per heavy atom. The van der Waals surface area contributed by atoms with Gasteiger partial charge in [-0.15, -0.1) is 0 Å². The van der Waals surface area contributed by atoms with E-state index in [9.17, 15) is 0 Å². The summed E-state index contributed by atoms with van der Waals surface area (Å²) >= 11 is 0. The molecular formula is C16H17P. The monoisotopic (exact) mass is 240 g/mol. The van der Waals surface area contributed by atoms with Gasteiger partial charge >= 0.3 is 0 Å². The molecule has 86 valence electrons. The normalized spacial score (nSPS) is 11.2. The molecule has 0 aromatic heterocycles. The number of hydrogen-bond donors (Lipinski definition) is 0.